The molecule has 0 amide bonds. The summed E-state index contributed by atoms with van der Waals surface area (Å²) < 4.78 is 312. The summed E-state index contributed by atoms with van der Waals surface area (Å²) in [6, 6.07) is 7.02. The molecule has 0 aliphatic carbocycles. The first-order chi connectivity index (χ1) is 36.9. The van der Waals surface area contributed by atoms with Gasteiger partial charge in [-0.05, 0) is 79.3 Å². The van der Waals surface area contributed by atoms with E-state index in [-0.39, 0.29) is 22.7 Å². The van der Waals surface area contributed by atoms with Gasteiger partial charge in [-0.1, -0.05) is 10.2 Å². The monoisotopic (exact) mass is 1330 g/mol. The van der Waals surface area contributed by atoms with Crippen LogP contribution in [0.5, 0.6) is 0 Å². The number of thiophene rings is 3. The van der Waals surface area contributed by atoms with Gasteiger partial charge in [0.2, 0.25) is 11.6 Å². The van der Waals surface area contributed by atoms with Crippen molar-refractivity contribution in [2.24, 2.45) is 10.2 Å². The number of hydrogen-bond donors (Lipinski definition) is 2. The van der Waals surface area contributed by atoms with Gasteiger partial charge in [-0.2, -0.15) is 0 Å². The molecule has 0 spiro atoms. The Hall–Kier alpha value is -6.85. The molecule has 0 aliphatic heterocycles. The van der Waals surface area contributed by atoms with E-state index in [4.69, 9.17) is 21.1 Å². The molecule has 79 heavy (non-hydrogen) atoms. The molecule has 8 rings (SSSR count). The number of benzene rings is 5. The average molecular weight is 1330 g/mol. The lowest BCUT2D eigenvalue weighted by Crippen LogP contribution is -2.38. The van der Waals surface area contributed by atoms with E-state index < -0.39 is 200 Å². The topological polar surface area (TPSA) is 138 Å². The highest BCUT2D eigenvalue weighted by Gasteiger charge is 2.34. The summed E-state index contributed by atoms with van der Waals surface area (Å²) >= 11 is 8.52. The van der Waals surface area contributed by atoms with Crippen LogP contribution in [0.1, 0.15) is 0 Å². The first-order valence-corrected chi connectivity index (χ1v) is 23.3. The maximum Gasteiger partial charge on any atom is 0.494 e. The molecule has 0 bridgehead atoms. The molecule has 8 aromatic rings. The van der Waals surface area contributed by atoms with Crippen LogP contribution >= 0.6 is 65.9 Å². The number of azide groups is 2. The van der Waals surface area contributed by atoms with Crippen LogP contribution in [0.4, 0.5) is 112 Å². The molecule has 0 radical (unpaired) electrons. The molecular formula is C42H8BBr2F23N6O2S3. The van der Waals surface area contributed by atoms with Crippen molar-refractivity contribution in [1.82, 2.24) is 0 Å². The third-order valence-corrected chi connectivity index (χ3v) is 13.8. The largest absolute Gasteiger partial charge is 0.494 e. The van der Waals surface area contributed by atoms with Crippen molar-refractivity contribution in [3.05, 3.63) is 199 Å². The molecule has 5 aromatic carbocycles. The summed E-state index contributed by atoms with van der Waals surface area (Å²) in [7, 11) is -2.76. The van der Waals surface area contributed by atoms with Crippen molar-refractivity contribution in [2.75, 3.05) is 0 Å². The third-order valence-electron chi connectivity index (χ3n) is 9.43. The van der Waals surface area contributed by atoms with E-state index >= 15 is 0 Å². The van der Waals surface area contributed by atoms with Crippen LogP contribution in [0.25, 0.3) is 62.6 Å². The molecule has 3 heterocycles. The van der Waals surface area contributed by atoms with Gasteiger partial charge in [-0.25, -0.2) is 101 Å². The minimum atomic E-state index is -2.76. The van der Waals surface area contributed by atoms with Gasteiger partial charge in [0.1, 0.15) is 11.4 Å². The Morgan fingerprint density at radius 2 is 0.519 bits per heavy atom. The molecule has 0 saturated heterocycles. The lowest BCUT2D eigenvalue weighted by atomic mass is 9.79. The van der Waals surface area contributed by atoms with Crippen LogP contribution in [0.15, 0.2) is 54.2 Å². The Morgan fingerprint density at radius 3 is 0.709 bits per heavy atom. The zero-order chi connectivity index (χ0) is 59.6. The molecule has 0 fully saturated rings. The maximum atomic E-state index is 14.3. The Balaban J connectivity index is 0.000000215. The highest BCUT2D eigenvalue weighted by Crippen LogP contribution is 2.45. The summed E-state index contributed by atoms with van der Waals surface area (Å²) in [5.74, 6) is -50.0. The van der Waals surface area contributed by atoms with E-state index in [1.54, 1.807) is 11.3 Å². The van der Waals surface area contributed by atoms with Crippen molar-refractivity contribution in [1.29, 1.82) is 0 Å². The third kappa shape index (κ3) is 12.3. The van der Waals surface area contributed by atoms with Gasteiger partial charge in [0, 0.05) is 29.3 Å². The van der Waals surface area contributed by atoms with Crippen LogP contribution in [0, 0.1) is 134 Å². The molecule has 0 unspecified atom stereocenters. The molecule has 3 aromatic heterocycles. The van der Waals surface area contributed by atoms with Crippen LogP contribution in [0.2, 0.25) is 0 Å². The summed E-state index contributed by atoms with van der Waals surface area (Å²) in [6.07, 6.45) is 0. The molecule has 37 heteroatoms. The Kier molecular flexibility index (Phi) is 20.3. The molecule has 8 nitrogen and oxygen atoms in total. The fraction of sp³-hybridized carbons (Fsp3) is 0. The molecular weight excluding hydrogens is 1320 g/mol. The van der Waals surface area contributed by atoms with Gasteiger partial charge in [0.25, 0.3) is 0 Å². The van der Waals surface area contributed by atoms with Crippen LogP contribution in [-0.4, -0.2) is 17.2 Å². The number of hydrogen-bond acceptors (Lipinski definition) is 7. The first kappa shape index (κ1) is 63.0. The van der Waals surface area contributed by atoms with Crippen molar-refractivity contribution < 1.29 is 111 Å². The van der Waals surface area contributed by atoms with E-state index in [0.29, 0.717) is 0 Å². The van der Waals surface area contributed by atoms with Crippen molar-refractivity contribution in [3.63, 3.8) is 0 Å². The quantitative estimate of drug-likeness (QED) is 0.0312. The lowest BCUT2D eigenvalue weighted by molar-refractivity contribution is 0.373. The average Bonchev–Trinajstić information content (AvgIpc) is 4.26. The number of nitrogens with zero attached hydrogens (tertiary/aromatic N) is 6. The Bertz CT molecular complexity index is 3510. The van der Waals surface area contributed by atoms with Gasteiger partial charge in [0.15, 0.2) is 122 Å². The molecule has 0 atom stereocenters. The number of rotatable bonds is 7. The summed E-state index contributed by atoms with van der Waals surface area (Å²) in [6.45, 7) is 0. The van der Waals surface area contributed by atoms with E-state index in [0.717, 1.165) is 24.3 Å². The van der Waals surface area contributed by atoms with Gasteiger partial charge >= 0.3 is 7.12 Å². The zero-order valence-corrected chi connectivity index (χ0v) is 41.9. The molecule has 2 N–H and O–H groups in total. The summed E-state index contributed by atoms with van der Waals surface area (Å²) in [4.78, 5) is 1.49. The van der Waals surface area contributed by atoms with Crippen LogP contribution < -0.4 is 5.46 Å². The number of halogens is 25. The minimum absolute atomic E-state index is 0.0707. The first-order valence-electron chi connectivity index (χ1n) is 19.2. The van der Waals surface area contributed by atoms with Gasteiger partial charge < -0.3 is 10.0 Å². The van der Waals surface area contributed by atoms with E-state index in [1.165, 1.54) is 7.57 Å². The Morgan fingerprint density at radius 1 is 0.316 bits per heavy atom. The second kappa shape index (κ2) is 25.5. The minimum Gasteiger partial charge on any atom is -0.423 e. The zero-order valence-electron chi connectivity index (χ0n) is 36.3. The van der Waals surface area contributed by atoms with E-state index in [2.05, 4.69) is 42.1 Å². The predicted octanol–water partition coefficient (Wildman–Crippen LogP) is 17.9. The summed E-state index contributed by atoms with van der Waals surface area (Å²) in [5.41, 5.74) is 6.25. The van der Waals surface area contributed by atoms with E-state index in [9.17, 15) is 101 Å². The Labute approximate surface area is 449 Å². The van der Waals surface area contributed by atoms with Crippen LogP contribution in [-0.2, 0) is 0 Å². The molecule has 414 valence electrons. The van der Waals surface area contributed by atoms with Crippen LogP contribution in [0.3, 0.4) is 0 Å². The van der Waals surface area contributed by atoms with E-state index in [1.807, 2.05) is 22.0 Å². The normalized spacial score (nSPS) is 10.7. The lowest BCUT2D eigenvalue weighted by Gasteiger charge is -2.09. The fourth-order valence-electron chi connectivity index (χ4n) is 5.93. The smallest absolute Gasteiger partial charge is 0.423 e. The van der Waals surface area contributed by atoms with Crippen molar-refractivity contribution in [3.8, 4) is 41.8 Å². The maximum absolute atomic E-state index is 14.3. The molecule has 0 saturated carbocycles. The predicted molar refractivity (Wildman–Crippen MR) is 243 cm³/mol. The van der Waals surface area contributed by atoms with Gasteiger partial charge in [-0.15, -0.1) is 34.0 Å². The highest BCUT2D eigenvalue weighted by molar-refractivity contribution is 9.12. The van der Waals surface area contributed by atoms with Gasteiger partial charge in [-0.3, -0.25) is 0 Å². The molecule has 0 aliphatic rings. The van der Waals surface area contributed by atoms with Crippen molar-refractivity contribution in [2.45, 2.75) is 0 Å². The van der Waals surface area contributed by atoms with Gasteiger partial charge in [0.05, 0.1) is 35.3 Å². The second-order valence-electron chi connectivity index (χ2n) is 14.0. The standard InChI is InChI=1S/C16H2F10S.C16H2F8N6S.C6H2BF5O2.C4H2Br2S/c17-7-5(8(18)12(22)15(25)11(7)21)3-1-2-4(27-3)6-9(19)13(23)16(26)14(24)10(6)20;17-7-5(8(18)12(22)15(11(7)21)27-29-25)3-1-2-4(31-3)6-9(19)13(23)16(28-30-26)14(24)10(6)20;8-2-1(7(13)14)3(9)5(11)6(12)4(2)10;5-3-1-2-4(6)7-3/h1-2H;1-2H;13-14H;1-2H. The second-order valence-corrected chi connectivity index (χ2v) is 20.0. The van der Waals surface area contributed by atoms with Crippen molar-refractivity contribution >= 4 is 89.8 Å². The highest BCUT2D eigenvalue weighted by atomic mass is 79.9. The summed E-state index contributed by atoms with van der Waals surface area (Å²) in [5, 5.41) is 21.7. The SMILES string of the molecule is Brc1ccc(Br)s1.Fc1c(F)c(F)c(-c2ccc(-c3c(F)c(F)c(F)c(F)c3F)s2)c(F)c1F.OB(O)c1c(F)c(F)c(F)c(F)c1F.[N-]=[N+]=Nc1c(F)c(F)c(-c2ccc(-c3c(F)c(F)c(N=[N+]=[N-])c(F)c3F)s2)c(F)c1F. The fourth-order valence-corrected chi connectivity index (χ4v) is 10.5.